The molecule has 3 unspecified atom stereocenters. The molecule has 13 heteroatoms. The molecule has 3 aromatic carbocycles. The summed E-state index contributed by atoms with van der Waals surface area (Å²) in [4.78, 5) is 21.6. The smallest absolute Gasteiger partial charge is 0.350 e. The highest BCUT2D eigenvalue weighted by Gasteiger charge is 2.44. The fraction of sp³-hybridized carbons (Fsp3) is 0.389. The Labute approximate surface area is 288 Å². The average Bonchev–Trinajstić information content (AvgIpc) is 3.88. The third-order valence-electron chi connectivity index (χ3n) is 9.67. The van der Waals surface area contributed by atoms with Crippen LogP contribution in [0, 0.1) is 11.6 Å². The molecule has 10 nitrogen and oxygen atoms in total. The molecule has 2 aliphatic heterocycles. The van der Waals surface area contributed by atoms with Gasteiger partial charge in [0.05, 0.1) is 24.9 Å². The Kier molecular flexibility index (Phi) is 9.55. The van der Waals surface area contributed by atoms with Gasteiger partial charge in [-0.1, -0.05) is 25.1 Å². The van der Waals surface area contributed by atoms with Crippen molar-refractivity contribution >= 4 is 23.1 Å². The second kappa shape index (κ2) is 14.2. The molecule has 4 heterocycles. The van der Waals surface area contributed by atoms with Crippen LogP contribution in [0.4, 0.5) is 20.2 Å². The van der Waals surface area contributed by atoms with Crippen molar-refractivity contribution in [2.24, 2.45) is 0 Å². The molecule has 2 aliphatic rings. The predicted molar refractivity (Wildman–Crippen MR) is 187 cm³/mol. The van der Waals surface area contributed by atoms with Crippen molar-refractivity contribution in [3.8, 4) is 5.69 Å². The van der Waals surface area contributed by atoms with Crippen LogP contribution in [0.2, 0.25) is 0 Å². The number of benzene rings is 3. The van der Waals surface area contributed by atoms with Crippen LogP contribution in [0.15, 0.2) is 90.5 Å². The number of halogens is 2. The van der Waals surface area contributed by atoms with E-state index in [-0.39, 0.29) is 17.0 Å². The lowest BCUT2D eigenvalue weighted by molar-refractivity contribution is -0.0197. The average molecular weight is 687 g/mol. The van der Waals surface area contributed by atoms with E-state index in [0.717, 1.165) is 55.8 Å². The molecule has 0 aliphatic carbocycles. The summed E-state index contributed by atoms with van der Waals surface area (Å²) < 4.78 is 39.8. The van der Waals surface area contributed by atoms with Gasteiger partial charge in [-0.05, 0) is 67.8 Å². The van der Waals surface area contributed by atoms with Crippen LogP contribution in [-0.2, 0) is 22.6 Å². The lowest BCUT2D eigenvalue weighted by Crippen LogP contribution is -2.46. The Bertz CT molecular complexity index is 1910. The van der Waals surface area contributed by atoms with Gasteiger partial charge in [-0.2, -0.15) is 22.0 Å². The number of anilines is 2. The normalized spacial score (nSPS) is 20.2. The fourth-order valence-electron chi connectivity index (χ4n) is 6.70. The zero-order chi connectivity index (χ0) is 34.0. The Balaban J connectivity index is 0.925. The van der Waals surface area contributed by atoms with E-state index < -0.39 is 17.2 Å². The highest BCUT2D eigenvalue weighted by Crippen LogP contribution is 2.43. The van der Waals surface area contributed by atoms with Crippen molar-refractivity contribution in [3.05, 3.63) is 119 Å². The van der Waals surface area contributed by atoms with Gasteiger partial charge in [0.2, 0.25) is 0 Å². The highest BCUT2D eigenvalue weighted by molar-refractivity contribution is 7.99. The van der Waals surface area contributed by atoms with Gasteiger partial charge in [-0.15, -0.1) is 0 Å². The number of rotatable bonds is 11. The molecular weight excluding hydrogens is 647 g/mol. The summed E-state index contributed by atoms with van der Waals surface area (Å²) in [5.41, 5.74) is 3.64. The number of thioether (sulfide) groups is 1. The molecule has 2 aromatic heterocycles. The minimum atomic E-state index is -0.950. The van der Waals surface area contributed by atoms with E-state index >= 15 is 0 Å². The van der Waals surface area contributed by atoms with Crippen LogP contribution in [0.25, 0.3) is 5.69 Å². The zero-order valence-electron chi connectivity index (χ0n) is 27.7. The van der Waals surface area contributed by atoms with Crippen molar-refractivity contribution in [1.82, 2.24) is 29.1 Å². The van der Waals surface area contributed by atoms with Crippen LogP contribution in [0.1, 0.15) is 43.9 Å². The Morgan fingerprint density at radius 3 is 2.22 bits per heavy atom. The van der Waals surface area contributed by atoms with Gasteiger partial charge in [0.25, 0.3) is 0 Å². The van der Waals surface area contributed by atoms with Gasteiger partial charge in [0.15, 0.2) is 0 Å². The topological polar surface area (TPSA) is 86.2 Å². The largest absolute Gasteiger partial charge is 0.368 e. The molecule has 7 rings (SSSR count). The van der Waals surface area contributed by atoms with E-state index in [1.165, 1.54) is 34.4 Å². The quantitative estimate of drug-likeness (QED) is 0.172. The first-order valence-electron chi connectivity index (χ1n) is 16.7. The first kappa shape index (κ1) is 33.0. The molecule has 0 saturated carbocycles. The van der Waals surface area contributed by atoms with E-state index in [9.17, 15) is 13.6 Å². The summed E-state index contributed by atoms with van der Waals surface area (Å²) in [7, 11) is 0. The van der Waals surface area contributed by atoms with Gasteiger partial charge in [0.1, 0.15) is 36.2 Å². The molecule has 3 atom stereocenters. The van der Waals surface area contributed by atoms with Crippen molar-refractivity contribution in [3.63, 3.8) is 0 Å². The van der Waals surface area contributed by atoms with Crippen molar-refractivity contribution < 1.29 is 13.5 Å². The number of ether oxygens (including phenoxy) is 1. The Hall–Kier alpha value is -4.49. The fourth-order valence-corrected chi connectivity index (χ4v) is 7.87. The van der Waals surface area contributed by atoms with Gasteiger partial charge in [0, 0.05) is 60.2 Å². The summed E-state index contributed by atoms with van der Waals surface area (Å²) in [5.74, 6) is -0.424. The number of nitrogens with zero attached hydrogens (tertiary/aromatic N) is 8. The maximum Gasteiger partial charge on any atom is 0.350 e. The van der Waals surface area contributed by atoms with Gasteiger partial charge in [-0.3, -0.25) is 0 Å². The van der Waals surface area contributed by atoms with Crippen molar-refractivity contribution in [2.45, 2.75) is 55.9 Å². The monoisotopic (exact) mass is 686 g/mol. The van der Waals surface area contributed by atoms with Crippen molar-refractivity contribution in [1.29, 1.82) is 0 Å². The third kappa shape index (κ3) is 7.00. The van der Waals surface area contributed by atoms with Crippen LogP contribution < -0.4 is 15.5 Å². The lowest BCUT2D eigenvalue weighted by atomic mass is 9.90. The standard InChI is InChI=1S/C36H40F2N8O2S/c1-3-26(2)46-35(47)45(25-41-46)31-11-9-30(10-12-31)43-16-14-42(15-17-43)29-7-4-27(5-8-29)21-49-32-19-36(48-20-32,22-44-24-39-23-40-44)33-13-6-28(37)18-34(33)38/h4-13,18,23-26,32H,3,14-17,19-22H2,1-2H3. The summed E-state index contributed by atoms with van der Waals surface area (Å²) in [6.45, 7) is 8.41. The summed E-state index contributed by atoms with van der Waals surface area (Å²) in [6.07, 6.45) is 6.05. The molecule has 256 valence electrons. The minimum absolute atomic E-state index is 0.0629. The number of piperazine rings is 1. The van der Waals surface area contributed by atoms with Crippen molar-refractivity contribution in [2.75, 3.05) is 42.6 Å². The molecule has 0 amide bonds. The molecule has 2 saturated heterocycles. The molecule has 0 spiro atoms. The van der Waals surface area contributed by atoms with E-state index in [0.29, 0.717) is 25.1 Å². The summed E-state index contributed by atoms with van der Waals surface area (Å²) >= 11 is 1.79. The SMILES string of the molecule is CCC(C)n1ncn(-c2ccc(N3CCN(c4ccc(CSC5COC(Cn6cncn6)(c6ccc(F)cc6F)C5)cc4)CC3)cc2)c1=O. The minimum Gasteiger partial charge on any atom is -0.368 e. The van der Waals surface area contributed by atoms with Gasteiger partial charge in [-0.25, -0.2) is 32.5 Å². The van der Waals surface area contributed by atoms with E-state index in [2.05, 4.69) is 61.4 Å². The van der Waals surface area contributed by atoms with Crippen LogP contribution in [0.3, 0.4) is 0 Å². The van der Waals surface area contributed by atoms with Crippen LogP contribution >= 0.6 is 11.8 Å². The molecule has 0 bridgehead atoms. The van der Waals surface area contributed by atoms with E-state index in [1.54, 1.807) is 33.7 Å². The predicted octanol–water partition coefficient (Wildman–Crippen LogP) is 5.82. The van der Waals surface area contributed by atoms with Gasteiger partial charge >= 0.3 is 5.69 Å². The first-order valence-corrected chi connectivity index (χ1v) is 17.8. The molecule has 5 aromatic rings. The second-order valence-corrected chi connectivity index (χ2v) is 14.1. The second-order valence-electron chi connectivity index (χ2n) is 12.8. The molecule has 49 heavy (non-hydrogen) atoms. The Morgan fingerprint density at radius 2 is 1.59 bits per heavy atom. The Morgan fingerprint density at radius 1 is 0.918 bits per heavy atom. The van der Waals surface area contributed by atoms with Gasteiger partial charge < -0.3 is 14.5 Å². The summed E-state index contributed by atoms with van der Waals surface area (Å²) in [5, 5.41) is 8.64. The number of aromatic nitrogens is 6. The highest BCUT2D eigenvalue weighted by atomic mass is 32.2. The van der Waals surface area contributed by atoms with E-state index in [4.69, 9.17) is 4.74 Å². The number of hydrogen-bond acceptors (Lipinski definition) is 8. The number of hydrogen-bond donors (Lipinski definition) is 0. The molecular formula is C36H40F2N8O2S. The molecule has 0 radical (unpaired) electrons. The van der Waals surface area contributed by atoms with Crippen LogP contribution in [-0.4, -0.2) is 67.1 Å². The molecule has 0 N–H and O–H groups in total. The van der Waals surface area contributed by atoms with Crippen LogP contribution in [0.5, 0.6) is 0 Å². The first-order chi connectivity index (χ1) is 23.8. The maximum atomic E-state index is 15.0. The van der Waals surface area contributed by atoms with E-state index in [1.807, 2.05) is 26.0 Å². The summed E-state index contributed by atoms with van der Waals surface area (Å²) in [6, 6.07) is 20.6. The zero-order valence-corrected chi connectivity index (χ0v) is 28.5. The third-order valence-corrected chi connectivity index (χ3v) is 10.9. The lowest BCUT2D eigenvalue weighted by Gasteiger charge is -2.37. The maximum absolute atomic E-state index is 15.0. The molecule has 2 fully saturated rings.